The normalized spacial score (nSPS) is 14.6. The number of amides is 1. The summed E-state index contributed by atoms with van der Waals surface area (Å²) in [6, 6.07) is 7.48. The van der Waals surface area contributed by atoms with Gasteiger partial charge in [-0.05, 0) is 25.0 Å². The number of methoxy groups -OCH3 is 3. The predicted molar refractivity (Wildman–Crippen MR) is 113 cm³/mol. The molecule has 1 fully saturated rings. The fourth-order valence-corrected chi connectivity index (χ4v) is 3.62. The van der Waals surface area contributed by atoms with E-state index in [0.29, 0.717) is 34.7 Å². The molecular weight excluding hydrogens is 370 g/mol. The van der Waals surface area contributed by atoms with E-state index in [9.17, 15) is 4.79 Å². The van der Waals surface area contributed by atoms with E-state index >= 15 is 0 Å². The number of ether oxygens (including phenoxy) is 3. The molecule has 0 radical (unpaired) electrons. The summed E-state index contributed by atoms with van der Waals surface area (Å²) in [5.41, 5.74) is 1.82. The third-order valence-electron chi connectivity index (χ3n) is 5.14. The Morgan fingerprint density at radius 1 is 0.931 bits per heavy atom. The molecule has 1 heterocycles. The lowest BCUT2D eigenvalue weighted by molar-refractivity contribution is 0.102. The Hall–Kier alpha value is -2.96. The van der Waals surface area contributed by atoms with E-state index in [0.717, 1.165) is 5.69 Å². The average Bonchev–Trinajstić information content (AvgIpc) is 3.02. The third-order valence-corrected chi connectivity index (χ3v) is 5.14. The van der Waals surface area contributed by atoms with Crippen molar-refractivity contribution in [2.24, 2.45) is 0 Å². The SMILES string of the molecule is COc1cc(NC(=O)c2ccc(NC3CCCCCC3)cn2)cc(OC)c1OC. The van der Waals surface area contributed by atoms with Crippen molar-refractivity contribution in [1.82, 2.24) is 4.98 Å². The number of benzene rings is 1. The van der Waals surface area contributed by atoms with E-state index in [1.807, 2.05) is 6.07 Å². The van der Waals surface area contributed by atoms with Gasteiger partial charge in [0.25, 0.3) is 5.91 Å². The first kappa shape index (κ1) is 20.8. The van der Waals surface area contributed by atoms with Gasteiger partial charge in [0.1, 0.15) is 5.69 Å². The highest BCUT2D eigenvalue weighted by molar-refractivity contribution is 6.03. The minimum Gasteiger partial charge on any atom is -0.493 e. The van der Waals surface area contributed by atoms with Gasteiger partial charge in [-0.2, -0.15) is 0 Å². The number of hydrogen-bond donors (Lipinski definition) is 2. The summed E-state index contributed by atoms with van der Waals surface area (Å²) < 4.78 is 16.0. The molecule has 1 aliphatic rings. The molecular formula is C22H29N3O4. The standard InChI is InChI=1S/C22H29N3O4/c1-27-19-12-17(13-20(28-2)21(19)29-3)25-22(26)18-11-10-16(14-23-18)24-15-8-6-4-5-7-9-15/h10-15,24H,4-9H2,1-3H3,(H,25,26). The minimum atomic E-state index is -0.305. The third kappa shape index (κ3) is 5.31. The van der Waals surface area contributed by atoms with Gasteiger partial charge >= 0.3 is 0 Å². The van der Waals surface area contributed by atoms with Crippen molar-refractivity contribution in [2.75, 3.05) is 32.0 Å². The Morgan fingerprint density at radius 2 is 1.59 bits per heavy atom. The molecule has 7 nitrogen and oxygen atoms in total. The first-order chi connectivity index (χ1) is 14.1. The highest BCUT2D eigenvalue weighted by atomic mass is 16.5. The van der Waals surface area contributed by atoms with Gasteiger partial charge in [-0.1, -0.05) is 25.7 Å². The van der Waals surface area contributed by atoms with Crippen LogP contribution in [0.3, 0.4) is 0 Å². The molecule has 0 atom stereocenters. The number of carbonyl (C=O) groups excluding carboxylic acids is 1. The summed E-state index contributed by atoms with van der Waals surface area (Å²) in [6.45, 7) is 0. The van der Waals surface area contributed by atoms with E-state index in [1.165, 1.54) is 59.9 Å². The van der Waals surface area contributed by atoms with Gasteiger partial charge < -0.3 is 24.8 Å². The summed E-state index contributed by atoms with van der Waals surface area (Å²) in [7, 11) is 4.60. The van der Waals surface area contributed by atoms with Crippen LogP contribution in [0.2, 0.25) is 0 Å². The second-order valence-corrected chi connectivity index (χ2v) is 7.13. The van der Waals surface area contributed by atoms with E-state index in [1.54, 1.807) is 24.4 Å². The van der Waals surface area contributed by atoms with Crippen molar-refractivity contribution in [2.45, 2.75) is 44.6 Å². The van der Waals surface area contributed by atoms with E-state index in [4.69, 9.17) is 14.2 Å². The van der Waals surface area contributed by atoms with Crippen LogP contribution in [-0.2, 0) is 0 Å². The molecule has 1 saturated carbocycles. The van der Waals surface area contributed by atoms with Crippen molar-refractivity contribution in [3.8, 4) is 17.2 Å². The van der Waals surface area contributed by atoms with Crippen LogP contribution in [-0.4, -0.2) is 38.3 Å². The maximum Gasteiger partial charge on any atom is 0.274 e. The first-order valence-electron chi connectivity index (χ1n) is 9.98. The second-order valence-electron chi connectivity index (χ2n) is 7.13. The maximum absolute atomic E-state index is 12.6. The molecule has 1 aromatic carbocycles. The van der Waals surface area contributed by atoms with Crippen molar-refractivity contribution in [3.63, 3.8) is 0 Å². The Balaban J connectivity index is 1.67. The topological polar surface area (TPSA) is 81.7 Å². The van der Waals surface area contributed by atoms with E-state index in [-0.39, 0.29) is 5.91 Å². The number of aromatic nitrogens is 1. The fourth-order valence-electron chi connectivity index (χ4n) is 3.62. The molecule has 0 spiro atoms. The number of hydrogen-bond acceptors (Lipinski definition) is 6. The monoisotopic (exact) mass is 399 g/mol. The molecule has 0 bridgehead atoms. The molecule has 29 heavy (non-hydrogen) atoms. The number of carbonyl (C=O) groups is 1. The lowest BCUT2D eigenvalue weighted by Crippen LogP contribution is -2.19. The van der Waals surface area contributed by atoms with Gasteiger partial charge in [-0.3, -0.25) is 4.79 Å². The first-order valence-corrected chi connectivity index (χ1v) is 9.98. The molecule has 1 aliphatic carbocycles. The van der Waals surface area contributed by atoms with E-state index < -0.39 is 0 Å². The Kier molecular flexibility index (Phi) is 7.16. The quantitative estimate of drug-likeness (QED) is 0.668. The predicted octanol–water partition coefficient (Wildman–Crippen LogP) is 4.49. The van der Waals surface area contributed by atoms with Gasteiger partial charge in [0, 0.05) is 23.9 Å². The largest absolute Gasteiger partial charge is 0.493 e. The van der Waals surface area contributed by atoms with Crippen LogP contribution < -0.4 is 24.8 Å². The molecule has 2 aromatic rings. The second kappa shape index (κ2) is 10.0. The average molecular weight is 399 g/mol. The van der Waals surface area contributed by atoms with Crippen LogP contribution in [0.4, 0.5) is 11.4 Å². The Bertz CT molecular complexity index is 790. The molecule has 1 aromatic heterocycles. The van der Waals surface area contributed by atoms with Crippen LogP contribution in [0.25, 0.3) is 0 Å². The fraction of sp³-hybridized carbons (Fsp3) is 0.455. The summed E-state index contributed by atoms with van der Waals surface area (Å²) in [5, 5.41) is 6.37. The highest BCUT2D eigenvalue weighted by Crippen LogP contribution is 2.40. The van der Waals surface area contributed by atoms with Gasteiger partial charge in [-0.25, -0.2) is 4.98 Å². The van der Waals surface area contributed by atoms with Gasteiger partial charge in [-0.15, -0.1) is 0 Å². The van der Waals surface area contributed by atoms with Crippen LogP contribution in [0.15, 0.2) is 30.5 Å². The zero-order valence-electron chi connectivity index (χ0n) is 17.3. The molecule has 0 saturated heterocycles. The molecule has 1 amide bonds. The lowest BCUT2D eigenvalue weighted by atomic mass is 10.1. The molecule has 3 rings (SSSR count). The zero-order valence-corrected chi connectivity index (χ0v) is 17.3. The van der Waals surface area contributed by atoms with Crippen molar-refractivity contribution < 1.29 is 19.0 Å². The summed E-state index contributed by atoms with van der Waals surface area (Å²) >= 11 is 0. The number of nitrogens with one attached hydrogen (secondary N) is 2. The highest BCUT2D eigenvalue weighted by Gasteiger charge is 2.16. The van der Waals surface area contributed by atoms with Crippen molar-refractivity contribution in [3.05, 3.63) is 36.2 Å². The van der Waals surface area contributed by atoms with Gasteiger partial charge in [0.05, 0.1) is 33.2 Å². The number of pyridine rings is 1. The van der Waals surface area contributed by atoms with Crippen LogP contribution in [0.1, 0.15) is 49.0 Å². The smallest absolute Gasteiger partial charge is 0.274 e. The Morgan fingerprint density at radius 3 is 2.10 bits per heavy atom. The zero-order chi connectivity index (χ0) is 20.6. The minimum absolute atomic E-state index is 0.305. The van der Waals surface area contributed by atoms with Crippen LogP contribution in [0.5, 0.6) is 17.2 Å². The molecule has 0 unspecified atom stereocenters. The van der Waals surface area contributed by atoms with Crippen molar-refractivity contribution in [1.29, 1.82) is 0 Å². The van der Waals surface area contributed by atoms with Gasteiger partial charge in [0.2, 0.25) is 5.75 Å². The van der Waals surface area contributed by atoms with Gasteiger partial charge in [0.15, 0.2) is 11.5 Å². The molecule has 0 aliphatic heterocycles. The summed E-state index contributed by atoms with van der Waals surface area (Å²) in [4.78, 5) is 16.9. The summed E-state index contributed by atoms with van der Waals surface area (Å²) in [5.74, 6) is 1.11. The number of anilines is 2. The molecule has 2 N–H and O–H groups in total. The Labute approximate surface area is 171 Å². The maximum atomic E-state index is 12.6. The number of nitrogens with zero attached hydrogens (tertiary/aromatic N) is 1. The van der Waals surface area contributed by atoms with Crippen LogP contribution >= 0.6 is 0 Å². The van der Waals surface area contributed by atoms with E-state index in [2.05, 4.69) is 15.6 Å². The number of rotatable bonds is 7. The van der Waals surface area contributed by atoms with Crippen LogP contribution in [0, 0.1) is 0 Å². The lowest BCUT2D eigenvalue weighted by Gasteiger charge is -2.17. The molecule has 7 heteroatoms. The molecule has 156 valence electrons. The summed E-state index contributed by atoms with van der Waals surface area (Å²) in [6.07, 6.45) is 9.25. The van der Waals surface area contributed by atoms with Crippen molar-refractivity contribution >= 4 is 17.3 Å².